The van der Waals surface area contributed by atoms with Crippen LogP contribution in [0.15, 0.2) is 34.8 Å². The summed E-state index contributed by atoms with van der Waals surface area (Å²) in [5, 5.41) is 0. The summed E-state index contributed by atoms with van der Waals surface area (Å²) >= 11 is 3.38. The number of halogens is 1. The Balaban J connectivity index is 2.87. The maximum atomic E-state index is 11.9. The smallest absolute Gasteiger partial charge is 0.167 e. The molecule has 0 atom stereocenters. The second-order valence-corrected chi connectivity index (χ2v) is 4.58. The number of aryl methyl sites for hydroxylation is 1. The van der Waals surface area contributed by atoms with E-state index in [1.54, 1.807) is 0 Å². The van der Waals surface area contributed by atoms with E-state index in [0.29, 0.717) is 6.42 Å². The molecule has 1 rings (SSSR count). The predicted molar refractivity (Wildman–Crippen MR) is 67.3 cm³/mol. The first-order chi connectivity index (χ1) is 7.04. The molecule has 0 aromatic heterocycles. The van der Waals surface area contributed by atoms with Crippen LogP contribution in [0.25, 0.3) is 0 Å². The Bertz CT molecular complexity index is 394. The Morgan fingerprint density at radius 2 is 2.13 bits per heavy atom. The van der Waals surface area contributed by atoms with Crippen LogP contribution in [0.1, 0.15) is 35.7 Å². The van der Waals surface area contributed by atoms with Crippen LogP contribution in [0.3, 0.4) is 0 Å². The molecule has 0 aliphatic rings. The Labute approximate surface area is 99.3 Å². The highest BCUT2D eigenvalue weighted by atomic mass is 79.9. The summed E-state index contributed by atoms with van der Waals surface area (Å²) in [5.41, 5.74) is 2.80. The van der Waals surface area contributed by atoms with Gasteiger partial charge in [0.25, 0.3) is 0 Å². The van der Waals surface area contributed by atoms with E-state index in [0.717, 1.165) is 27.6 Å². The molecule has 1 nitrogen and oxygen atoms in total. The molecule has 0 saturated carbocycles. The van der Waals surface area contributed by atoms with Crippen LogP contribution in [-0.4, -0.2) is 5.78 Å². The normalized spacial score (nSPS) is 10.1. The Morgan fingerprint density at radius 1 is 1.47 bits per heavy atom. The van der Waals surface area contributed by atoms with Gasteiger partial charge in [0.15, 0.2) is 5.78 Å². The summed E-state index contributed by atoms with van der Waals surface area (Å²) < 4.78 is 1.01. The van der Waals surface area contributed by atoms with Gasteiger partial charge in [-0.25, -0.2) is 0 Å². The fraction of sp³-hybridized carbons (Fsp3) is 0.308. The van der Waals surface area contributed by atoms with Crippen molar-refractivity contribution in [1.29, 1.82) is 0 Å². The van der Waals surface area contributed by atoms with Gasteiger partial charge in [0.2, 0.25) is 0 Å². The Morgan fingerprint density at radius 3 is 2.67 bits per heavy atom. The molecule has 0 fully saturated rings. The number of ketones is 1. The van der Waals surface area contributed by atoms with Crippen molar-refractivity contribution in [3.05, 3.63) is 46.0 Å². The van der Waals surface area contributed by atoms with Crippen LogP contribution >= 0.6 is 15.9 Å². The molecule has 0 N–H and O–H groups in total. The minimum absolute atomic E-state index is 0.159. The van der Waals surface area contributed by atoms with E-state index in [4.69, 9.17) is 0 Å². The van der Waals surface area contributed by atoms with Crippen molar-refractivity contribution in [3.63, 3.8) is 0 Å². The second-order valence-electron chi connectivity index (χ2n) is 3.66. The van der Waals surface area contributed by atoms with Gasteiger partial charge >= 0.3 is 0 Å². The topological polar surface area (TPSA) is 17.1 Å². The number of hydrogen-bond acceptors (Lipinski definition) is 1. The standard InChI is InChI=1S/C13H15BrO/c1-4-9(2)7-13(15)12-6-5-11(14)8-10(12)3/h5-6,8H,2,4,7H2,1,3H3. The quantitative estimate of drug-likeness (QED) is 0.587. The number of hydrogen-bond donors (Lipinski definition) is 0. The fourth-order valence-corrected chi connectivity index (χ4v) is 1.86. The molecule has 0 radical (unpaired) electrons. The maximum absolute atomic E-state index is 11.9. The van der Waals surface area contributed by atoms with E-state index in [1.165, 1.54) is 0 Å². The third-order valence-corrected chi connectivity index (χ3v) is 2.89. The summed E-state index contributed by atoms with van der Waals surface area (Å²) in [5.74, 6) is 0.159. The molecule has 2 heteroatoms. The van der Waals surface area contributed by atoms with Gasteiger partial charge in [-0.1, -0.05) is 41.1 Å². The highest BCUT2D eigenvalue weighted by Gasteiger charge is 2.09. The second kappa shape index (κ2) is 5.26. The van der Waals surface area contributed by atoms with Gasteiger partial charge in [0, 0.05) is 16.5 Å². The van der Waals surface area contributed by atoms with Crippen LogP contribution in [0.2, 0.25) is 0 Å². The van der Waals surface area contributed by atoms with Crippen LogP contribution in [0.5, 0.6) is 0 Å². The lowest BCUT2D eigenvalue weighted by atomic mass is 9.99. The number of rotatable bonds is 4. The molecule has 0 unspecified atom stereocenters. The zero-order chi connectivity index (χ0) is 11.4. The van der Waals surface area contributed by atoms with Gasteiger partial charge in [0.1, 0.15) is 0 Å². The van der Waals surface area contributed by atoms with Gasteiger partial charge in [0.05, 0.1) is 0 Å². The lowest BCUT2D eigenvalue weighted by Crippen LogP contribution is -2.02. The molecular formula is C13H15BrO. The van der Waals surface area contributed by atoms with Gasteiger partial charge < -0.3 is 0 Å². The van der Waals surface area contributed by atoms with Crippen LogP contribution in [0, 0.1) is 6.92 Å². The predicted octanol–water partition coefficient (Wildman–Crippen LogP) is 4.30. The lowest BCUT2D eigenvalue weighted by molar-refractivity contribution is 0.0992. The minimum Gasteiger partial charge on any atom is -0.294 e. The van der Waals surface area contributed by atoms with E-state index < -0.39 is 0 Å². The van der Waals surface area contributed by atoms with Gasteiger partial charge in [-0.05, 0) is 31.0 Å². The highest BCUT2D eigenvalue weighted by Crippen LogP contribution is 2.18. The molecule has 0 aliphatic heterocycles. The largest absolute Gasteiger partial charge is 0.294 e. The van der Waals surface area contributed by atoms with Crippen LogP contribution in [-0.2, 0) is 0 Å². The molecule has 0 aliphatic carbocycles. The first-order valence-electron chi connectivity index (χ1n) is 5.00. The monoisotopic (exact) mass is 266 g/mol. The lowest BCUT2D eigenvalue weighted by Gasteiger charge is -2.06. The summed E-state index contributed by atoms with van der Waals surface area (Å²) in [6.45, 7) is 7.82. The van der Waals surface area contributed by atoms with Gasteiger partial charge in [-0.2, -0.15) is 0 Å². The average Bonchev–Trinajstić information content (AvgIpc) is 2.17. The highest BCUT2D eigenvalue weighted by molar-refractivity contribution is 9.10. The van der Waals surface area contributed by atoms with E-state index >= 15 is 0 Å². The third kappa shape index (κ3) is 3.31. The molecule has 0 heterocycles. The van der Waals surface area contributed by atoms with Crippen molar-refractivity contribution in [3.8, 4) is 0 Å². The van der Waals surface area contributed by atoms with Crippen molar-refractivity contribution < 1.29 is 4.79 Å². The first kappa shape index (κ1) is 12.2. The van der Waals surface area contributed by atoms with Crippen LogP contribution < -0.4 is 0 Å². The number of Topliss-reactive ketones (excluding diaryl/α,β-unsaturated/α-hetero) is 1. The summed E-state index contributed by atoms with van der Waals surface area (Å²) in [6.07, 6.45) is 1.32. The van der Waals surface area contributed by atoms with E-state index in [2.05, 4.69) is 22.5 Å². The molecule has 0 amide bonds. The van der Waals surface area contributed by atoms with E-state index in [-0.39, 0.29) is 5.78 Å². The van der Waals surface area contributed by atoms with Crippen molar-refractivity contribution in [2.75, 3.05) is 0 Å². The Kier molecular flexibility index (Phi) is 4.28. The fourth-order valence-electron chi connectivity index (χ4n) is 1.39. The molecular weight excluding hydrogens is 252 g/mol. The summed E-state index contributed by atoms with van der Waals surface area (Å²) in [7, 11) is 0. The van der Waals surface area contributed by atoms with Gasteiger partial charge in [-0.15, -0.1) is 0 Å². The van der Waals surface area contributed by atoms with Crippen molar-refractivity contribution in [2.45, 2.75) is 26.7 Å². The van der Waals surface area contributed by atoms with Crippen molar-refractivity contribution in [1.82, 2.24) is 0 Å². The van der Waals surface area contributed by atoms with Crippen molar-refractivity contribution >= 4 is 21.7 Å². The zero-order valence-electron chi connectivity index (χ0n) is 9.14. The summed E-state index contributed by atoms with van der Waals surface area (Å²) in [6, 6.07) is 5.72. The molecule has 15 heavy (non-hydrogen) atoms. The maximum Gasteiger partial charge on any atom is 0.167 e. The van der Waals surface area contributed by atoms with E-state index in [9.17, 15) is 4.79 Å². The third-order valence-electron chi connectivity index (χ3n) is 2.40. The van der Waals surface area contributed by atoms with Crippen LogP contribution in [0.4, 0.5) is 0 Å². The number of carbonyl (C=O) groups is 1. The SMILES string of the molecule is C=C(CC)CC(=O)c1ccc(Br)cc1C. The molecule has 1 aromatic carbocycles. The number of benzene rings is 1. The number of allylic oxidation sites excluding steroid dienone is 1. The molecule has 0 spiro atoms. The first-order valence-corrected chi connectivity index (χ1v) is 5.80. The summed E-state index contributed by atoms with van der Waals surface area (Å²) in [4.78, 5) is 11.9. The minimum atomic E-state index is 0.159. The molecule has 80 valence electrons. The molecule has 1 aromatic rings. The molecule has 0 bridgehead atoms. The zero-order valence-corrected chi connectivity index (χ0v) is 10.7. The number of carbonyl (C=O) groups excluding carboxylic acids is 1. The Hall–Kier alpha value is -0.890. The average molecular weight is 267 g/mol. The van der Waals surface area contributed by atoms with Crippen molar-refractivity contribution in [2.24, 2.45) is 0 Å². The van der Waals surface area contributed by atoms with E-state index in [1.807, 2.05) is 32.0 Å². The van der Waals surface area contributed by atoms with Gasteiger partial charge in [-0.3, -0.25) is 4.79 Å². The molecule has 0 saturated heterocycles.